The van der Waals surface area contributed by atoms with E-state index in [-0.39, 0.29) is 17.4 Å². The van der Waals surface area contributed by atoms with Crippen molar-refractivity contribution in [1.29, 1.82) is 0 Å². The van der Waals surface area contributed by atoms with Gasteiger partial charge in [0.25, 0.3) is 0 Å². The first-order chi connectivity index (χ1) is 8.09. The zero-order valence-corrected chi connectivity index (χ0v) is 9.65. The maximum atomic E-state index is 10.9. The highest BCUT2D eigenvalue weighted by Gasteiger charge is 2.15. The van der Waals surface area contributed by atoms with Crippen LogP contribution in [-0.4, -0.2) is 16.2 Å². The van der Waals surface area contributed by atoms with Gasteiger partial charge in [0.05, 0.1) is 6.04 Å². The van der Waals surface area contributed by atoms with Gasteiger partial charge >= 0.3 is 5.97 Å². The van der Waals surface area contributed by atoms with Crippen LogP contribution in [0, 0.1) is 0 Å². The van der Waals surface area contributed by atoms with Crippen LogP contribution in [-0.2, 0) is 0 Å². The maximum absolute atomic E-state index is 10.9. The Labute approximate surface area is 102 Å². The van der Waals surface area contributed by atoms with Crippen molar-refractivity contribution < 1.29 is 15.0 Å². The number of aromatic hydroxyl groups is 1. The molecule has 0 spiro atoms. The Balaban J connectivity index is 2.40. The molecule has 0 saturated heterocycles. The number of aromatic carboxylic acids is 1. The van der Waals surface area contributed by atoms with Gasteiger partial charge in [-0.2, -0.15) is 11.3 Å². The van der Waals surface area contributed by atoms with E-state index >= 15 is 0 Å². The highest BCUT2D eigenvalue weighted by Crippen LogP contribution is 2.26. The van der Waals surface area contributed by atoms with Crippen molar-refractivity contribution >= 4 is 17.3 Å². The molecule has 0 aliphatic rings. The Kier molecular flexibility index (Phi) is 3.12. The minimum absolute atomic E-state index is 0.131. The molecule has 0 amide bonds. The number of carboxylic acids is 1. The average molecular weight is 249 g/mol. The van der Waals surface area contributed by atoms with E-state index in [1.165, 1.54) is 23.5 Å². The molecule has 0 saturated carbocycles. The molecule has 0 fully saturated rings. The van der Waals surface area contributed by atoms with Crippen molar-refractivity contribution in [2.75, 3.05) is 0 Å². The van der Waals surface area contributed by atoms with Crippen molar-refractivity contribution in [2.24, 2.45) is 5.73 Å². The van der Waals surface area contributed by atoms with E-state index < -0.39 is 5.97 Å². The molecule has 4 nitrogen and oxygen atoms in total. The summed E-state index contributed by atoms with van der Waals surface area (Å²) >= 11 is 1.53. The number of rotatable bonds is 3. The fourth-order valence-electron chi connectivity index (χ4n) is 1.56. The molecule has 4 N–H and O–H groups in total. The third kappa shape index (κ3) is 2.30. The second-order valence-electron chi connectivity index (χ2n) is 3.62. The van der Waals surface area contributed by atoms with Crippen molar-refractivity contribution in [3.05, 3.63) is 51.7 Å². The lowest BCUT2D eigenvalue weighted by Crippen LogP contribution is -2.11. The van der Waals surface area contributed by atoms with Gasteiger partial charge < -0.3 is 15.9 Å². The maximum Gasteiger partial charge on any atom is 0.339 e. The van der Waals surface area contributed by atoms with Crippen molar-refractivity contribution in [3.63, 3.8) is 0 Å². The van der Waals surface area contributed by atoms with E-state index in [0.717, 1.165) is 5.56 Å². The van der Waals surface area contributed by atoms with Crippen LogP contribution < -0.4 is 5.73 Å². The number of benzene rings is 1. The van der Waals surface area contributed by atoms with Gasteiger partial charge in [0.1, 0.15) is 11.3 Å². The van der Waals surface area contributed by atoms with Crippen molar-refractivity contribution in [3.8, 4) is 5.75 Å². The van der Waals surface area contributed by atoms with Gasteiger partial charge in [0.15, 0.2) is 0 Å². The largest absolute Gasteiger partial charge is 0.507 e. The number of hydrogen-bond donors (Lipinski definition) is 3. The molecule has 88 valence electrons. The number of phenols is 1. The van der Waals surface area contributed by atoms with E-state index in [4.69, 9.17) is 10.8 Å². The van der Waals surface area contributed by atoms with E-state index in [1.807, 2.05) is 16.8 Å². The smallest absolute Gasteiger partial charge is 0.339 e. The van der Waals surface area contributed by atoms with Gasteiger partial charge in [-0.15, -0.1) is 0 Å². The lowest BCUT2D eigenvalue weighted by Gasteiger charge is -2.11. The normalized spacial score (nSPS) is 12.3. The molecule has 1 aromatic carbocycles. The summed E-state index contributed by atoms with van der Waals surface area (Å²) in [5, 5.41) is 22.1. The summed E-state index contributed by atoms with van der Waals surface area (Å²) in [5.41, 5.74) is 7.47. The third-order valence-corrected chi connectivity index (χ3v) is 3.21. The van der Waals surface area contributed by atoms with Gasteiger partial charge in [-0.25, -0.2) is 4.79 Å². The minimum Gasteiger partial charge on any atom is -0.507 e. The van der Waals surface area contributed by atoms with Crippen molar-refractivity contribution in [1.82, 2.24) is 0 Å². The number of thiophene rings is 1. The van der Waals surface area contributed by atoms with Crippen LogP contribution in [0.25, 0.3) is 0 Å². The Morgan fingerprint density at radius 1 is 1.29 bits per heavy atom. The van der Waals surface area contributed by atoms with Gasteiger partial charge in [0.2, 0.25) is 0 Å². The number of carboxylic acid groups (broad SMARTS) is 1. The molecular formula is C12H11NO3S. The van der Waals surface area contributed by atoms with Gasteiger partial charge in [-0.3, -0.25) is 0 Å². The molecule has 0 radical (unpaired) electrons. The minimum atomic E-state index is -1.16. The second kappa shape index (κ2) is 4.57. The number of nitrogens with two attached hydrogens (primary N) is 1. The van der Waals surface area contributed by atoms with E-state index in [1.54, 1.807) is 6.07 Å². The van der Waals surface area contributed by atoms with Gasteiger partial charge in [0, 0.05) is 0 Å². The number of hydrogen-bond acceptors (Lipinski definition) is 4. The summed E-state index contributed by atoms with van der Waals surface area (Å²) in [4.78, 5) is 10.9. The van der Waals surface area contributed by atoms with Crippen LogP contribution in [0.5, 0.6) is 5.75 Å². The standard InChI is InChI=1S/C12H11NO3S/c13-11(8-3-4-17-6-8)7-1-2-10(14)9(5-7)12(15)16/h1-6,11,14H,13H2,(H,15,16)/t11-/m0/s1. The molecule has 1 aromatic heterocycles. The Hall–Kier alpha value is -1.85. The quantitative estimate of drug-likeness (QED) is 0.778. The van der Waals surface area contributed by atoms with Crippen LogP contribution in [0.2, 0.25) is 0 Å². The molecule has 2 rings (SSSR count). The summed E-state index contributed by atoms with van der Waals surface area (Å²) in [6.07, 6.45) is 0. The zero-order valence-electron chi connectivity index (χ0n) is 8.83. The SMILES string of the molecule is N[C@H](c1ccsc1)c1ccc(O)c(C(=O)O)c1. The summed E-state index contributed by atoms with van der Waals surface area (Å²) in [6, 6.07) is 5.90. The monoisotopic (exact) mass is 249 g/mol. The predicted molar refractivity (Wildman–Crippen MR) is 65.4 cm³/mol. The molecular weight excluding hydrogens is 238 g/mol. The van der Waals surface area contributed by atoms with E-state index in [2.05, 4.69) is 0 Å². The summed E-state index contributed by atoms with van der Waals surface area (Å²) in [6.45, 7) is 0. The highest BCUT2D eigenvalue weighted by molar-refractivity contribution is 7.08. The third-order valence-electron chi connectivity index (χ3n) is 2.51. The van der Waals surface area contributed by atoms with Crippen LogP contribution in [0.1, 0.15) is 27.5 Å². The lowest BCUT2D eigenvalue weighted by molar-refractivity contribution is 0.0693. The molecule has 0 aliphatic heterocycles. The summed E-state index contributed by atoms with van der Waals surface area (Å²) in [5.74, 6) is -1.42. The Morgan fingerprint density at radius 3 is 2.65 bits per heavy atom. The van der Waals surface area contributed by atoms with Crippen molar-refractivity contribution in [2.45, 2.75) is 6.04 Å². The molecule has 0 aliphatic carbocycles. The summed E-state index contributed by atoms with van der Waals surface area (Å²) < 4.78 is 0. The second-order valence-corrected chi connectivity index (χ2v) is 4.40. The van der Waals surface area contributed by atoms with Crippen LogP contribution in [0.4, 0.5) is 0 Å². The molecule has 17 heavy (non-hydrogen) atoms. The van der Waals surface area contributed by atoms with Gasteiger partial charge in [-0.1, -0.05) is 6.07 Å². The first-order valence-electron chi connectivity index (χ1n) is 4.93. The molecule has 0 unspecified atom stereocenters. The highest BCUT2D eigenvalue weighted by atomic mass is 32.1. The topological polar surface area (TPSA) is 83.5 Å². The molecule has 2 aromatic rings. The fraction of sp³-hybridized carbons (Fsp3) is 0.0833. The first-order valence-corrected chi connectivity index (χ1v) is 5.87. The molecule has 1 atom stereocenters. The Morgan fingerprint density at radius 2 is 2.06 bits per heavy atom. The molecule has 5 heteroatoms. The van der Waals surface area contributed by atoms with Crippen LogP contribution in [0.3, 0.4) is 0 Å². The summed E-state index contributed by atoms with van der Waals surface area (Å²) in [7, 11) is 0. The molecule has 0 bridgehead atoms. The fourth-order valence-corrected chi connectivity index (χ4v) is 2.26. The van der Waals surface area contributed by atoms with E-state index in [9.17, 15) is 9.90 Å². The zero-order chi connectivity index (χ0) is 12.4. The van der Waals surface area contributed by atoms with E-state index in [0.29, 0.717) is 5.56 Å². The molecule has 1 heterocycles. The number of carbonyl (C=O) groups is 1. The lowest BCUT2D eigenvalue weighted by atomic mass is 10.00. The first kappa shape index (κ1) is 11.6. The van der Waals surface area contributed by atoms with Gasteiger partial charge in [-0.05, 0) is 40.1 Å². The Bertz CT molecular complexity index is 537. The predicted octanol–water partition coefficient (Wildman–Crippen LogP) is 2.20. The van der Waals surface area contributed by atoms with Crippen LogP contribution in [0.15, 0.2) is 35.0 Å². The average Bonchev–Trinajstić information content (AvgIpc) is 2.81. The van der Waals surface area contributed by atoms with Crippen LogP contribution >= 0.6 is 11.3 Å².